The van der Waals surface area contributed by atoms with E-state index in [1.54, 1.807) is 0 Å². The van der Waals surface area contributed by atoms with Crippen LogP contribution in [0.2, 0.25) is 0 Å². The molecule has 0 bridgehead atoms. The maximum atomic E-state index is 11.9. The van der Waals surface area contributed by atoms with Crippen LogP contribution in [-0.2, 0) is 16.1 Å². The van der Waals surface area contributed by atoms with Crippen LogP contribution in [0.1, 0.15) is 36.0 Å². The van der Waals surface area contributed by atoms with Crippen molar-refractivity contribution in [3.05, 3.63) is 34.9 Å². The van der Waals surface area contributed by atoms with Crippen LogP contribution < -0.4 is 0 Å². The van der Waals surface area contributed by atoms with Crippen LogP contribution in [-0.4, -0.2) is 23.1 Å². The quantitative estimate of drug-likeness (QED) is 0.802. The van der Waals surface area contributed by atoms with Gasteiger partial charge in [-0.3, -0.25) is 9.59 Å². The lowest BCUT2D eigenvalue weighted by Gasteiger charge is -2.21. The number of amides is 1. The van der Waals surface area contributed by atoms with Gasteiger partial charge in [-0.15, -0.1) is 0 Å². The van der Waals surface area contributed by atoms with Crippen LogP contribution in [0.25, 0.3) is 0 Å². The molecule has 1 saturated heterocycles. The van der Waals surface area contributed by atoms with E-state index < -0.39 is 0 Å². The summed E-state index contributed by atoms with van der Waals surface area (Å²) in [6.07, 6.45) is 1.27. The maximum Gasteiger partial charge on any atom is 0.223 e. The SMILES string of the molecule is Cc1ccc(C)c(CN2CCC(=O)CCC2=O)c1. The fourth-order valence-electron chi connectivity index (χ4n) is 2.26. The number of rotatable bonds is 2. The number of likely N-dealkylation sites (tertiary alicyclic amines) is 1. The molecule has 0 aliphatic carbocycles. The molecule has 0 radical (unpaired) electrons. The maximum absolute atomic E-state index is 11.9. The van der Waals surface area contributed by atoms with Crippen molar-refractivity contribution in [3.63, 3.8) is 0 Å². The normalized spacial score (nSPS) is 16.9. The number of hydrogen-bond donors (Lipinski definition) is 0. The van der Waals surface area contributed by atoms with Gasteiger partial charge < -0.3 is 4.90 Å². The standard InChI is InChI=1S/C15H19NO2/c1-11-3-4-12(2)13(9-11)10-16-8-7-14(17)5-6-15(16)18/h3-4,9H,5-8,10H2,1-2H3. The van der Waals surface area contributed by atoms with E-state index in [0.29, 0.717) is 32.4 Å². The Morgan fingerprint density at radius 2 is 1.89 bits per heavy atom. The predicted octanol–water partition coefficient (Wildman–Crippen LogP) is 2.39. The number of hydrogen-bond acceptors (Lipinski definition) is 2. The second-order valence-corrected chi connectivity index (χ2v) is 5.03. The summed E-state index contributed by atoms with van der Waals surface area (Å²) in [5.41, 5.74) is 3.58. The molecule has 1 aromatic carbocycles. The fourth-order valence-corrected chi connectivity index (χ4v) is 2.26. The third kappa shape index (κ3) is 2.97. The molecular formula is C15H19NO2. The van der Waals surface area contributed by atoms with Crippen molar-refractivity contribution >= 4 is 11.7 Å². The summed E-state index contributed by atoms with van der Waals surface area (Å²) in [5.74, 6) is 0.300. The molecule has 0 saturated carbocycles. The number of Topliss-reactive ketones (excluding diaryl/α,β-unsaturated/α-hetero) is 1. The Labute approximate surface area is 108 Å². The van der Waals surface area contributed by atoms with Gasteiger partial charge >= 0.3 is 0 Å². The average molecular weight is 245 g/mol. The number of aryl methyl sites for hydroxylation is 2. The molecule has 3 nitrogen and oxygen atoms in total. The Balaban J connectivity index is 2.14. The minimum atomic E-state index is 0.0988. The zero-order valence-electron chi connectivity index (χ0n) is 11.0. The van der Waals surface area contributed by atoms with E-state index in [0.717, 1.165) is 0 Å². The Hall–Kier alpha value is -1.64. The van der Waals surface area contributed by atoms with E-state index in [-0.39, 0.29) is 11.7 Å². The summed E-state index contributed by atoms with van der Waals surface area (Å²) >= 11 is 0. The van der Waals surface area contributed by atoms with Gasteiger partial charge in [-0.05, 0) is 25.0 Å². The highest BCUT2D eigenvalue weighted by Crippen LogP contribution is 2.16. The zero-order chi connectivity index (χ0) is 13.1. The third-order valence-electron chi connectivity index (χ3n) is 3.50. The molecule has 1 aliphatic rings. The monoisotopic (exact) mass is 245 g/mol. The van der Waals surface area contributed by atoms with Crippen molar-refractivity contribution < 1.29 is 9.59 Å². The van der Waals surface area contributed by atoms with E-state index in [1.165, 1.54) is 16.7 Å². The summed E-state index contributed by atoms with van der Waals surface area (Å²) in [6, 6.07) is 6.28. The van der Waals surface area contributed by atoms with Crippen molar-refractivity contribution in [1.82, 2.24) is 4.90 Å². The average Bonchev–Trinajstić information content (AvgIpc) is 2.49. The summed E-state index contributed by atoms with van der Waals surface area (Å²) in [7, 11) is 0. The molecular weight excluding hydrogens is 226 g/mol. The van der Waals surface area contributed by atoms with Crippen LogP contribution in [0.5, 0.6) is 0 Å². The number of benzene rings is 1. The van der Waals surface area contributed by atoms with E-state index in [9.17, 15) is 9.59 Å². The second-order valence-electron chi connectivity index (χ2n) is 5.03. The first-order valence-corrected chi connectivity index (χ1v) is 6.42. The van der Waals surface area contributed by atoms with Crippen LogP contribution in [0, 0.1) is 13.8 Å². The lowest BCUT2D eigenvalue weighted by atomic mass is 10.1. The zero-order valence-corrected chi connectivity index (χ0v) is 11.0. The van der Waals surface area contributed by atoms with Crippen molar-refractivity contribution in [3.8, 4) is 0 Å². The summed E-state index contributed by atoms with van der Waals surface area (Å²) in [6.45, 7) is 5.30. The first kappa shape index (κ1) is 12.8. The Morgan fingerprint density at radius 1 is 1.11 bits per heavy atom. The van der Waals surface area contributed by atoms with E-state index >= 15 is 0 Å². The molecule has 0 N–H and O–H groups in total. The molecule has 1 fully saturated rings. The van der Waals surface area contributed by atoms with Gasteiger partial charge in [0.2, 0.25) is 5.91 Å². The predicted molar refractivity (Wildman–Crippen MR) is 70.2 cm³/mol. The Morgan fingerprint density at radius 3 is 2.67 bits per heavy atom. The molecule has 1 aromatic rings. The number of carbonyl (C=O) groups excluding carboxylic acids is 2. The molecule has 0 unspecified atom stereocenters. The molecule has 1 amide bonds. The molecule has 3 heteroatoms. The van der Waals surface area contributed by atoms with E-state index in [4.69, 9.17) is 0 Å². The van der Waals surface area contributed by atoms with Gasteiger partial charge in [0.05, 0.1) is 0 Å². The molecule has 1 heterocycles. The highest BCUT2D eigenvalue weighted by atomic mass is 16.2. The molecule has 96 valence electrons. The molecule has 18 heavy (non-hydrogen) atoms. The topological polar surface area (TPSA) is 37.4 Å². The van der Waals surface area contributed by atoms with Gasteiger partial charge in [0, 0.05) is 32.4 Å². The minimum absolute atomic E-state index is 0.0988. The fraction of sp³-hybridized carbons (Fsp3) is 0.467. The molecule has 0 aromatic heterocycles. The van der Waals surface area contributed by atoms with Crippen LogP contribution >= 0.6 is 0 Å². The summed E-state index contributed by atoms with van der Waals surface area (Å²) < 4.78 is 0. The largest absolute Gasteiger partial charge is 0.338 e. The molecule has 0 spiro atoms. The molecule has 0 atom stereocenters. The Bertz CT molecular complexity index is 479. The minimum Gasteiger partial charge on any atom is -0.338 e. The van der Waals surface area contributed by atoms with Gasteiger partial charge in [0.15, 0.2) is 0 Å². The third-order valence-corrected chi connectivity index (χ3v) is 3.50. The van der Waals surface area contributed by atoms with Crippen LogP contribution in [0.4, 0.5) is 0 Å². The number of ketones is 1. The van der Waals surface area contributed by atoms with Gasteiger partial charge in [-0.25, -0.2) is 0 Å². The van der Waals surface area contributed by atoms with Gasteiger partial charge in [-0.1, -0.05) is 23.8 Å². The summed E-state index contributed by atoms with van der Waals surface area (Å²) in [5, 5.41) is 0. The highest BCUT2D eigenvalue weighted by molar-refractivity contribution is 5.87. The van der Waals surface area contributed by atoms with Gasteiger partial charge in [0.1, 0.15) is 5.78 Å². The van der Waals surface area contributed by atoms with Crippen molar-refractivity contribution in [2.75, 3.05) is 6.54 Å². The Kier molecular flexibility index (Phi) is 3.80. The lowest BCUT2D eigenvalue weighted by Crippen LogP contribution is -2.30. The van der Waals surface area contributed by atoms with Crippen molar-refractivity contribution in [1.29, 1.82) is 0 Å². The van der Waals surface area contributed by atoms with Crippen molar-refractivity contribution in [2.45, 2.75) is 39.7 Å². The molecule has 1 aliphatic heterocycles. The second kappa shape index (κ2) is 5.34. The van der Waals surface area contributed by atoms with E-state index in [1.807, 2.05) is 4.90 Å². The molecule has 2 rings (SSSR count). The van der Waals surface area contributed by atoms with Gasteiger partial charge in [-0.2, -0.15) is 0 Å². The lowest BCUT2D eigenvalue weighted by molar-refractivity contribution is -0.131. The van der Waals surface area contributed by atoms with Gasteiger partial charge in [0.25, 0.3) is 0 Å². The number of carbonyl (C=O) groups is 2. The smallest absolute Gasteiger partial charge is 0.223 e. The highest BCUT2D eigenvalue weighted by Gasteiger charge is 2.20. The van der Waals surface area contributed by atoms with E-state index in [2.05, 4.69) is 32.0 Å². The first-order chi connectivity index (χ1) is 8.56. The van der Waals surface area contributed by atoms with Crippen molar-refractivity contribution in [2.24, 2.45) is 0 Å². The van der Waals surface area contributed by atoms with Crippen LogP contribution in [0.3, 0.4) is 0 Å². The van der Waals surface area contributed by atoms with Crippen LogP contribution in [0.15, 0.2) is 18.2 Å². The number of nitrogens with zero attached hydrogens (tertiary/aromatic N) is 1. The summed E-state index contributed by atoms with van der Waals surface area (Å²) in [4.78, 5) is 25.1. The first-order valence-electron chi connectivity index (χ1n) is 6.42.